The Kier molecular flexibility index (Phi) is 15.4. The Morgan fingerprint density at radius 2 is 1.54 bits per heavy atom. The second-order valence-electron chi connectivity index (χ2n) is 6.27. The Hall–Kier alpha value is -0.373. The maximum Gasteiger partial charge on any atom is 0.500 e. The van der Waals surface area contributed by atoms with E-state index in [-0.39, 0.29) is 0 Å². The first-order chi connectivity index (χ1) is 12.5. The number of rotatable bonds is 12. The SMILES string of the molecule is CCN(C)CC.CO[Si](CCCSCC(C)c1ccccc1)(OC)OC. The van der Waals surface area contributed by atoms with Gasteiger partial charge in [-0.15, -0.1) is 0 Å². The molecule has 0 heterocycles. The third kappa shape index (κ3) is 10.7. The van der Waals surface area contributed by atoms with Crippen LogP contribution in [0.1, 0.15) is 38.7 Å². The van der Waals surface area contributed by atoms with E-state index in [1.807, 2.05) is 11.8 Å². The standard InChI is InChI=1S/C15H26O3SSi.C5H13N/c1-14(15-9-6-5-7-10-15)13-19-11-8-12-20(16-2,17-3)18-4;1-4-6(3)5-2/h5-7,9-10,14H,8,11-13H2,1-4H3;4-5H2,1-3H3. The number of thioether (sulfide) groups is 1. The van der Waals surface area contributed by atoms with Crippen molar-refractivity contribution < 1.29 is 13.3 Å². The van der Waals surface area contributed by atoms with Crippen LogP contribution in [0.2, 0.25) is 6.04 Å². The summed E-state index contributed by atoms with van der Waals surface area (Å²) in [5.74, 6) is 2.85. The molecule has 1 aromatic carbocycles. The largest absolute Gasteiger partial charge is 0.500 e. The molecule has 0 fully saturated rings. The van der Waals surface area contributed by atoms with E-state index >= 15 is 0 Å². The Bertz CT molecular complexity index is 420. The molecule has 1 atom stereocenters. The van der Waals surface area contributed by atoms with Crippen molar-refractivity contribution in [2.24, 2.45) is 0 Å². The molecule has 4 nitrogen and oxygen atoms in total. The van der Waals surface area contributed by atoms with E-state index in [0.717, 1.165) is 37.1 Å². The Balaban J connectivity index is 0.000000896. The van der Waals surface area contributed by atoms with Crippen LogP contribution in [0.4, 0.5) is 0 Å². The lowest BCUT2D eigenvalue weighted by Crippen LogP contribution is -2.42. The van der Waals surface area contributed by atoms with E-state index in [4.69, 9.17) is 13.3 Å². The highest BCUT2D eigenvalue weighted by atomic mass is 32.2. The molecule has 26 heavy (non-hydrogen) atoms. The lowest BCUT2D eigenvalue weighted by atomic mass is 10.0. The van der Waals surface area contributed by atoms with Crippen molar-refractivity contribution in [3.63, 3.8) is 0 Å². The molecule has 0 spiro atoms. The van der Waals surface area contributed by atoms with Crippen molar-refractivity contribution in [3.8, 4) is 0 Å². The van der Waals surface area contributed by atoms with Crippen molar-refractivity contribution in [3.05, 3.63) is 35.9 Å². The summed E-state index contributed by atoms with van der Waals surface area (Å²) >= 11 is 1.98. The fraction of sp³-hybridized carbons (Fsp3) is 0.700. The first-order valence-corrected chi connectivity index (χ1v) is 12.5. The highest BCUT2D eigenvalue weighted by Gasteiger charge is 2.36. The number of hydrogen-bond donors (Lipinski definition) is 0. The summed E-state index contributed by atoms with van der Waals surface area (Å²) in [7, 11) is 4.75. The second kappa shape index (κ2) is 15.7. The van der Waals surface area contributed by atoms with Gasteiger partial charge in [0, 0.05) is 27.4 Å². The predicted molar refractivity (Wildman–Crippen MR) is 117 cm³/mol. The van der Waals surface area contributed by atoms with Crippen molar-refractivity contribution in [1.29, 1.82) is 0 Å². The van der Waals surface area contributed by atoms with Gasteiger partial charge in [0.2, 0.25) is 0 Å². The molecule has 1 unspecified atom stereocenters. The van der Waals surface area contributed by atoms with Crippen LogP contribution in [0.5, 0.6) is 0 Å². The zero-order valence-corrected chi connectivity index (χ0v) is 19.6. The minimum atomic E-state index is -2.37. The van der Waals surface area contributed by atoms with Crippen LogP contribution in [-0.4, -0.2) is 66.7 Å². The van der Waals surface area contributed by atoms with Gasteiger partial charge in [-0.2, -0.15) is 11.8 Å². The van der Waals surface area contributed by atoms with Crippen LogP contribution >= 0.6 is 11.8 Å². The van der Waals surface area contributed by atoms with E-state index in [1.54, 1.807) is 21.3 Å². The molecule has 1 rings (SSSR count). The average molecular weight is 402 g/mol. The molecule has 0 radical (unpaired) electrons. The lowest BCUT2D eigenvalue weighted by molar-refractivity contribution is 0.123. The van der Waals surface area contributed by atoms with Crippen molar-refractivity contribution in [2.75, 3.05) is 53.0 Å². The van der Waals surface area contributed by atoms with Crippen molar-refractivity contribution in [1.82, 2.24) is 4.90 Å². The van der Waals surface area contributed by atoms with Crippen LogP contribution in [0.15, 0.2) is 30.3 Å². The summed E-state index contributed by atoms with van der Waals surface area (Å²) in [6.07, 6.45) is 1.06. The highest BCUT2D eigenvalue weighted by Crippen LogP contribution is 2.22. The van der Waals surface area contributed by atoms with Gasteiger partial charge < -0.3 is 18.2 Å². The van der Waals surface area contributed by atoms with Gasteiger partial charge in [0.1, 0.15) is 0 Å². The van der Waals surface area contributed by atoms with E-state index in [0.29, 0.717) is 5.92 Å². The molecule has 1 aromatic rings. The summed E-state index contributed by atoms with van der Waals surface area (Å²) in [5.41, 5.74) is 1.41. The van der Waals surface area contributed by atoms with Gasteiger partial charge in [0.15, 0.2) is 0 Å². The normalized spacial score (nSPS) is 12.6. The molecule has 0 aliphatic heterocycles. The molecule has 0 aromatic heterocycles. The van der Waals surface area contributed by atoms with Crippen LogP contribution in [0.25, 0.3) is 0 Å². The van der Waals surface area contributed by atoms with Crippen LogP contribution < -0.4 is 0 Å². The van der Waals surface area contributed by atoms with Gasteiger partial charge in [-0.1, -0.05) is 51.1 Å². The van der Waals surface area contributed by atoms with Gasteiger partial charge in [0.25, 0.3) is 0 Å². The number of hydrogen-bond acceptors (Lipinski definition) is 5. The van der Waals surface area contributed by atoms with E-state index in [2.05, 4.69) is 63.1 Å². The van der Waals surface area contributed by atoms with Crippen LogP contribution in [0, 0.1) is 0 Å². The van der Waals surface area contributed by atoms with Crippen LogP contribution in [0.3, 0.4) is 0 Å². The molecular formula is C20H39NO3SSi. The fourth-order valence-corrected chi connectivity index (χ4v) is 5.35. The predicted octanol–water partition coefficient (Wildman–Crippen LogP) is 4.75. The lowest BCUT2D eigenvalue weighted by Gasteiger charge is -2.24. The minimum Gasteiger partial charge on any atom is -0.377 e. The summed E-state index contributed by atoms with van der Waals surface area (Å²) in [6.45, 7) is 8.92. The summed E-state index contributed by atoms with van der Waals surface area (Å²) < 4.78 is 16.3. The zero-order chi connectivity index (χ0) is 19.8. The fourth-order valence-electron chi connectivity index (χ4n) is 2.31. The van der Waals surface area contributed by atoms with E-state index in [9.17, 15) is 0 Å². The quantitative estimate of drug-likeness (QED) is 0.373. The smallest absolute Gasteiger partial charge is 0.377 e. The first kappa shape index (κ1) is 25.6. The van der Waals surface area contributed by atoms with Gasteiger partial charge in [-0.3, -0.25) is 0 Å². The second-order valence-corrected chi connectivity index (χ2v) is 10.5. The maximum absolute atomic E-state index is 5.42. The molecule has 0 saturated carbocycles. The molecule has 0 saturated heterocycles. The topological polar surface area (TPSA) is 30.9 Å². The van der Waals surface area contributed by atoms with E-state index in [1.165, 1.54) is 5.56 Å². The molecule has 0 amide bonds. The summed E-state index contributed by atoms with van der Waals surface area (Å²) in [5, 5.41) is 0. The Labute approximate surface area is 167 Å². The third-order valence-electron chi connectivity index (χ3n) is 4.52. The average Bonchev–Trinajstić information content (AvgIpc) is 2.71. The third-order valence-corrected chi connectivity index (χ3v) is 8.67. The van der Waals surface area contributed by atoms with Gasteiger partial charge in [-0.25, -0.2) is 0 Å². The number of nitrogens with zero attached hydrogens (tertiary/aromatic N) is 1. The monoisotopic (exact) mass is 401 g/mol. The molecule has 0 N–H and O–H groups in total. The van der Waals surface area contributed by atoms with Crippen molar-refractivity contribution in [2.45, 2.75) is 39.2 Å². The molecule has 152 valence electrons. The van der Waals surface area contributed by atoms with Crippen LogP contribution in [-0.2, 0) is 13.3 Å². The Morgan fingerprint density at radius 1 is 1.00 bits per heavy atom. The molecule has 0 aliphatic rings. The van der Waals surface area contributed by atoms with Gasteiger partial charge >= 0.3 is 8.80 Å². The molecule has 6 heteroatoms. The van der Waals surface area contributed by atoms with E-state index < -0.39 is 8.80 Å². The maximum atomic E-state index is 5.42. The van der Waals surface area contributed by atoms with Crippen molar-refractivity contribution >= 4 is 20.6 Å². The van der Waals surface area contributed by atoms with Gasteiger partial charge in [-0.05, 0) is 49.5 Å². The summed E-state index contributed by atoms with van der Waals surface area (Å²) in [6, 6.07) is 11.5. The molecule has 0 aliphatic carbocycles. The Morgan fingerprint density at radius 3 is 1.96 bits per heavy atom. The zero-order valence-electron chi connectivity index (χ0n) is 17.8. The first-order valence-electron chi connectivity index (χ1n) is 9.45. The number of benzene rings is 1. The molecule has 0 bridgehead atoms. The summed E-state index contributed by atoms with van der Waals surface area (Å²) in [4.78, 5) is 2.25. The highest BCUT2D eigenvalue weighted by molar-refractivity contribution is 7.99. The minimum absolute atomic E-state index is 0.593. The molecular weight excluding hydrogens is 362 g/mol. The van der Waals surface area contributed by atoms with Gasteiger partial charge in [0.05, 0.1) is 0 Å².